The van der Waals surface area contributed by atoms with E-state index in [2.05, 4.69) is 10.2 Å². The number of carbonyl (C=O) groups is 2. The molecule has 4 rings (SSSR count). The Hall–Kier alpha value is -2.86. The van der Waals surface area contributed by atoms with Crippen molar-refractivity contribution in [3.63, 3.8) is 0 Å². The average Bonchev–Trinajstić information content (AvgIpc) is 2.72. The first-order valence-electron chi connectivity index (χ1n) is 9.48. The van der Waals surface area contributed by atoms with Gasteiger partial charge in [0.25, 0.3) is 0 Å². The maximum Gasteiger partial charge on any atom is 0.236 e. The summed E-state index contributed by atoms with van der Waals surface area (Å²) in [6.07, 6.45) is 1.18. The standard InChI is InChI=1S/C22H24N2O4/c1-27-20-10-14-8-9-24-13-17(22(26)23-15-6-4-3-5-7-15)19(25)12-18(24)16(14)11-21(20)28-2/h3-7,10-11,17-18H,8-9,12-13H2,1-2H3,(H,23,26). The number of para-hydroxylation sites is 1. The summed E-state index contributed by atoms with van der Waals surface area (Å²) in [6, 6.07) is 13.2. The summed E-state index contributed by atoms with van der Waals surface area (Å²) in [4.78, 5) is 27.8. The Bertz CT molecular complexity index is 897. The quantitative estimate of drug-likeness (QED) is 0.826. The molecule has 1 saturated heterocycles. The van der Waals surface area contributed by atoms with Crippen molar-refractivity contribution in [3.05, 3.63) is 53.6 Å². The van der Waals surface area contributed by atoms with Gasteiger partial charge < -0.3 is 14.8 Å². The second-order valence-corrected chi connectivity index (χ2v) is 7.25. The summed E-state index contributed by atoms with van der Waals surface area (Å²) in [5.41, 5.74) is 2.99. The lowest BCUT2D eigenvalue weighted by Gasteiger charge is -2.42. The van der Waals surface area contributed by atoms with E-state index in [1.165, 1.54) is 5.56 Å². The van der Waals surface area contributed by atoms with Gasteiger partial charge in [-0.25, -0.2) is 0 Å². The van der Waals surface area contributed by atoms with Crippen molar-refractivity contribution >= 4 is 17.4 Å². The zero-order chi connectivity index (χ0) is 19.7. The van der Waals surface area contributed by atoms with Gasteiger partial charge in [0.1, 0.15) is 11.7 Å². The molecule has 0 aliphatic carbocycles. The molecule has 0 bridgehead atoms. The van der Waals surface area contributed by atoms with Crippen molar-refractivity contribution in [2.45, 2.75) is 18.9 Å². The minimum atomic E-state index is -0.641. The van der Waals surface area contributed by atoms with Crippen LogP contribution in [-0.4, -0.2) is 43.9 Å². The number of methoxy groups -OCH3 is 2. The maximum absolute atomic E-state index is 12.8. The normalized spacial score (nSPS) is 21.4. The van der Waals surface area contributed by atoms with Crippen molar-refractivity contribution in [3.8, 4) is 11.5 Å². The van der Waals surface area contributed by atoms with Crippen LogP contribution in [0.4, 0.5) is 5.69 Å². The Balaban J connectivity index is 1.55. The fourth-order valence-corrected chi connectivity index (χ4v) is 4.19. The molecule has 28 heavy (non-hydrogen) atoms. The van der Waals surface area contributed by atoms with E-state index in [9.17, 15) is 9.59 Å². The van der Waals surface area contributed by atoms with Crippen molar-refractivity contribution in [1.29, 1.82) is 0 Å². The number of rotatable bonds is 4. The molecule has 2 atom stereocenters. The highest BCUT2D eigenvalue weighted by Gasteiger charge is 2.41. The molecule has 2 aromatic rings. The van der Waals surface area contributed by atoms with Gasteiger partial charge >= 0.3 is 0 Å². The molecule has 2 unspecified atom stereocenters. The summed E-state index contributed by atoms with van der Waals surface area (Å²) < 4.78 is 10.8. The lowest BCUT2D eigenvalue weighted by molar-refractivity contribution is -0.136. The lowest BCUT2D eigenvalue weighted by Crippen LogP contribution is -2.49. The maximum atomic E-state index is 12.8. The minimum absolute atomic E-state index is 0.0164. The third-order valence-corrected chi connectivity index (χ3v) is 5.67. The summed E-state index contributed by atoms with van der Waals surface area (Å²) in [6.45, 7) is 1.26. The minimum Gasteiger partial charge on any atom is -0.493 e. The second-order valence-electron chi connectivity index (χ2n) is 7.25. The van der Waals surface area contributed by atoms with Gasteiger partial charge in [-0.05, 0) is 41.8 Å². The zero-order valence-electron chi connectivity index (χ0n) is 16.1. The van der Waals surface area contributed by atoms with E-state index in [0.717, 1.165) is 18.5 Å². The predicted octanol–water partition coefficient (Wildman–Crippen LogP) is 2.83. The smallest absolute Gasteiger partial charge is 0.236 e. The van der Waals surface area contributed by atoms with E-state index in [4.69, 9.17) is 9.47 Å². The fourth-order valence-electron chi connectivity index (χ4n) is 4.19. The van der Waals surface area contributed by atoms with Crippen LogP contribution in [0.3, 0.4) is 0 Å². The molecule has 0 saturated carbocycles. The zero-order valence-corrected chi connectivity index (χ0v) is 16.1. The Kier molecular flexibility index (Phi) is 5.05. The fraction of sp³-hybridized carbons (Fsp3) is 0.364. The monoisotopic (exact) mass is 380 g/mol. The number of Topliss-reactive ketones (excluding diaryl/α,β-unsaturated/α-hetero) is 1. The van der Waals surface area contributed by atoms with E-state index >= 15 is 0 Å². The molecular weight excluding hydrogens is 356 g/mol. The summed E-state index contributed by atoms with van der Waals surface area (Å²) in [5.74, 6) is 0.486. The van der Waals surface area contributed by atoms with Gasteiger partial charge in [0, 0.05) is 31.2 Å². The molecule has 2 aromatic carbocycles. The van der Waals surface area contributed by atoms with Gasteiger partial charge in [-0.1, -0.05) is 18.2 Å². The van der Waals surface area contributed by atoms with Crippen LogP contribution in [0.1, 0.15) is 23.6 Å². The summed E-state index contributed by atoms with van der Waals surface area (Å²) >= 11 is 0. The average molecular weight is 380 g/mol. The molecule has 0 spiro atoms. The Labute approximate surface area is 164 Å². The first-order valence-corrected chi connectivity index (χ1v) is 9.48. The Morgan fingerprint density at radius 2 is 1.82 bits per heavy atom. The largest absolute Gasteiger partial charge is 0.493 e. The number of benzene rings is 2. The second kappa shape index (κ2) is 7.64. The number of nitrogens with zero attached hydrogens (tertiary/aromatic N) is 1. The number of ketones is 1. The predicted molar refractivity (Wildman–Crippen MR) is 106 cm³/mol. The number of anilines is 1. The highest BCUT2D eigenvalue weighted by molar-refractivity contribution is 6.08. The van der Waals surface area contributed by atoms with Crippen LogP contribution in [0.2, 0.25) is 0 Å². The van der Waals surface area contributed by atoms with Gasteiger partial charge in [-0.15, -0.1) is 0 Å². The van der Waals surface area contributed by atoms with Crippen LogP contribution in [0, 0.1) is 5.92 Å². The molecule has 1 fully saturated rings. The topological polar surface area (TPSA) is 67.9 Å². The molecule has 0 aromatic heterocycles. The van der Waals surface area contributed by atoms with Crippen molar-refractivity contribution in [2.75, 3.05) is 32.6 Å². The van der Waals surface area contributed by atoms with Gasteiger partial charge in [0.05, 0.1) is 14.2 Å². The Morgan fingerprint density at radius 1 is 1.11 bits per heavy atom. The van der Waals surface area contributed by atoms with Crippen molar-refractivity contribution in [1.82, 2.24) is 4.90 Å². The number of carbonyl (C=O) groups excluding carboxylic acids is 2. The van der Waals surface area contributed by atoms with Gasteiger partial charge in [-0.3, -0.25) is 14.5 Å². The van der Waals surface area contributed by atoms with E-state index in [1.807, 2.05) is 42.5 Å². The van der Waals surface area contributed by atoms with E-state index in [-0.39, 0.29) is 17.7 Å². The number of piperidine rings is 1. The third-order valence-electron chi connectivity index (χ3n) is 5.67. The Morgan fingerprint density at radius 3 is 2.54 bits per heavy atom. The summed E-state index contributed by atoms with van der Waals surface area (Å²) in [7, 11) is 3.24. The molecule has 2 aliphatic heterocycles. The van der Waals surface area contributed by atoms with Crippen LogP contribution in [0.5, 0.6) is 11.5 Å². The van der Waals surface area contributed by atoms with Crippen LogP contribution in [-0.2, 0) is 16.0 Å². The van der Waals surface area contributed by atoms with Crippen molar-refractivity contribution in [2.24, 2.45) is 5.92 Å². The number of nitrogens with one attached hydrogen (secondary N) is 1. The first kappa shape index (κ1) is 18.5. The molecule has 0 radical (unpaired) electrons. The third kappa shape index (κ3) is 3.36. The molecular formula is C22H24N2O4. The van der Waals surface area contributed by atoms with Gasteiger partial charge in [0.2, 0.25) is 5.91 Å². The molecule has 2 aliphatic rings. The van der Waals surface area contributed by atoms with Crippen LogP contribution < -0.4 is 14.8 Å². The van der Waals surface area contributed by atoms with Crippen LogP contribution in [0.25, 0.3) is 0 Å². The van der Waals surface area contributed by atoms with E-state index in [0.29, 0.717) is 30.2 Å². The SMILES string of the molecule is COc1cc2c(cc1OC)C1CC(=O)C(C(=O)Nc3ccccc3)CN1CC2. The molecule has 1 amide bonds. The molecule has 146 valence electrons. The highest BCUT2D eigenvalue weighted by Crippen LogP contribution is 2.41. The number of amides is 1. The highest BCUT2D eigenvalue weighted by atomic mass is 16.5. The van der Waals surface area contributed by atoms with Crippen molar-refractivity contribution < 1.29 is 19.1 Å². The molecule has 2 heterocycles. The molecule has 1 N–H and O–H groups in total. The van der Waals surface area contributed by atoms with Crippen LogP contribution in [0.15, 0.2) is 42.5 Å². The van der Waals surface area contributed by atoms with Gasteiger partial charge in [-0.2, -0.15) is 0 Å². The number of hydrogen-bond donors (Lipinski definition) is 1. The lowest BCUT2D eigenvalue weighted by atomic mass is 9.82. The first-order chi connectivity index (χ1) is 13.6. The van der Waals surface area contributed by atoms with E-state index < -0.39 is 5.92 Å². The van der Waals surface area contributed by atoms with Crippen LogP contribution >= 0.6 is 0 Å². The van der Waals surface area contributed by atoms with Gasteiger partial charge in [0.15, 0.2) is 11.5 Å². The number of hydrogen-bond acceptors (Lipinski definition) is 5. The number of fused-ring (bicyclic) bond motifs is 3. The number of ether oxygens (including phenoxy) is 2. The molecule has 6 heteroatoms. The molecule has 6 nitrogen and oxygen atoms in total. The summed E-state index contributed by atoms with van der Waals surface area (Å²) in [5, 5.41) is 2.87. The van der Waals surface area contributed by atoms with E-state index in [1.54, 1.807) is 14.2 Å².